The van der Waals surface area contributed by atoms with Crippen LogP contribution in [-0.2, 0) is 9.84 Å². The first-order chi connectivity index (χ1) is 8.45. The second-order valence-electron chi connectivity index (χ2n) is 4.77. The lowest BCUT2D eigenvalue weighted by Crippen LogP contribution is -2.51. The fourth-order valence-electron chi connectivity index (χ4n) is 2.18. The van der Waals surface area contributed by atoms with Crippen molar-refractivity contribution in [3.05, 3.63) is 30.1 Å². The summed E-state index contributed by atoms with van der Waals surface area (Å²) < 4.78 is 36.0. The monoisotopic (exact) mass is 272 g/mol. The molecule has 2 rings (SSSR count). The highest BCUT2D eigenvalue weighted by Crippen LogP contribution is 2.27. The SMILES string of the molecule is NCC1(Nc2cccc(F)c2)CCS(=O)(=O)CC1. The van der Waals surface area contributed by atoms with Crippen molar-refractivity contribution < 1.29 is 12.8 Å². The number of hydrogen-bond donors (Lipinski definition) is 2. The standard InChI is InChI=1S/C12H17FN2O2S/c13-10-2-1-3-11(8-10)15-12(9-14)4-6-18(16,17)7-5-12/h1-3,8,15H,4-7,9,14H2. The van der Waals surface area contributed by atoms with Gasteiger partial charge in [-0.1, -0.05) is 6.07 Å². The lowest BCUT2D eigenvalue weighted by Gasteiger charge is -2.37. The number of halogens is 1. The van der Waals surface area contributed by atoms with Crippen molar-refractivity contribution >= 4 is 15.5 Å². The van der Waals surface area contributed by atoms with Crippen LogP contribution in [-0.4, -0.2) is 32.0 Å². The van der Waals surface area contributed by atoms with Gasteiger partial charge in [-0.15, -0.1) is 0 Å². The van der Waals surface area contributed by atoms with Crippen molar-refractivity contribution in [1.82, 2.24) is 0 Å². The molecule has 1 fully saturated rings. The predicted molar refractivity (Wildman–Crippen MR) is 69.7 cm³/mol. The van der Waals surface area contributed by atoms with Crippen LogP contribution < -0.4 is 11.1 Å². The molecule has 0 aliphatic carbocycles. The Morgan fingerprint density at radius 3 is 2.56 bits per heavy atom. The van der Waals surface area contributed by atoms with Gasteiger partial charge in [0.2, 0.25) is 0 Å². The van der Waals surface area contributed by atoms with E-state index in [2.05, 4.69) is 5.32 Å². The van der Waals surface area contributed by atoms with Crippen LogP contribution in [0.25, 0.3) is 0 Å². The maximum atomic E-state index is 13.1. The Morgan fingerprint density at radius 1 is 1.33 bits per heavy atom. The first-order valence-corrected chi connectivity index (χ1v) is 7.71. The summed E-state index contributed by atoms with van der Waals surface area (Å²) in [4.78, 5) is 0. The zero-order chi connectivity index (χ0) is 13.2. The van der Waals surface area contributed by atoms with E-state index in [9.17, 15) is 12.8 Å². The van der Waals surface area contributed by atoms with E-state index in [0.717, 1.165) is 0 Å². The van der Waals surface area contributed by atoms with E-state index in [1.165, 1.54) is 12.1 Å². The van der Waals surface area contributed by atoms with Gasteiger partial charge in [-0.05, 0) is 31.0 Å². The maximum absolute atomic E-state index is 13.1. The smallest absolute Gasteiger partial charge is 0.150 e. The summed E-state index contributed by atoms with van der Waals surface area (Å²) in [7, 11) is -2.93. The summed E-state index contributed by atoms with van der Waals surface area (Å²) in [5.41, 5.74) is 5.95. The highest BCUT2D eigenvalue weighted by molar-refractivity contribution is 7.91. The molecular formula is C12H17FN2O2S. The third-order valence-electron chi connectivity index (χ3n) is 3.41. The number of hydrogen-bond acceptors (Lipinski definition) is 4. The first-order valence-electron chi connectivity index (χ1n) is 5.89. The Bertz CT molecular complexity index is 517. The minimum atomic E-state index is -2.93. The molecular weight excluding hydrogens is 255 g/mol. The molecule has 6 heteroatoms. The zero-order valence-corrected chi connectivity index (χ0v) is 10.8. The topological polar surface area (TPSA) is 72.2 Å². The van der Waals surface area contributed by atoms with Crippen LogP contribution in [0.2, 0.25) is 0 Å². The average molecular weight is 272 g/mol. The molecule has 4 nitrogen and oxygen atoms in total. The van der Waals surface area contributed by atoms with E-state index in [-0.39, 0.29) is 17.3 Å². The number of rotatable bonds is 3. The Balaban J connectivity index is 2.15. The van der Waals surface area contributed by atoms with Gasteiger partial charge in [-0.25, -0.2) is 12.8 Å². The normalized spacial score (nSPS) is 21.4. The molecule has 1 aliphatic rings. The molecule has 0 radical (unpaired) electrons. The molecule has 3 N–H and O–H groups in total. The summed E-state index contributed by atoms with van der Waals surface area (Å²) >= 11 is 0. The van der Waals surface area contributed by atoms with Crippen LogP contribution in [0.3, 0.4) is 0 Å². The largest absolute Gasteiger partial charge is 0.378 e. The molecule has 0 saturated carbocycles. The Labute approximate surface area is 106 Å². The lowest BCUT2D eigenvalue weighted by molar-refractivity contribution is 0.426. The highest BCUT2D eigenvalue weighted by atomic mass is 32.2. The molecule has 0 aromatic heterocycles. The molecule has 1 saturated heterocycles. The maximum Gasteiger partial charge on any atom is 0.150 e. The van der Waals surface area contributed by atoms with Gasteiger partial charge in [-0.2, -0.15) is 0 Å². The Morgan fingerprint density at radius 2 is 2.00 bits per heavy atom. The number of nitrogens with two attached hydrogens (primary N) is 1. The second-order valence-corrected chi connectivity index (χ2v) is 7.08. The minimum absolute atomic E-state index is 0.131. The van der Waals surface area contributed by atoms with E-state index in [1.807, 2.05) is 0 Å². The molecule has 0 bridgehead atoms. The van der Waals surface area contributed by atoms with Gasteiger partial charge in [0, 0.05) is 12.2 Å². The fourth-order valence-corrected chi connectivity index (χ4v) is 3.79. The van der Waals surface area contributed by atoms with E-state index in [0.29, 0.717) is 25.1 Å². The van der Waals surface area contributed by atoms with Gasteiger partial charge in [0.05, 0.1) is 17.0 Å². The third kappa shape index (κ3) is 3.00. The summed E-state index contributed by atoms with van der Waals surface area (Å²) in [6.45, 7) is 0.332. The predicted octanol–water partition coefficient (Wildman–Crippen LogP) is 1.14. The summed E-state index contributed by atoms with van der Waals surface area (Å²) in [6.07, 6.45) is 0.921. The molecule has 1 heterocycles. The van der Waals surface area contributed by atoms with Crippen molar-refractivity contribution in [1.29, 1.82) is 0 Å². The van der Waals surface area contributed by atoms with Crippen molar-refractivity contribution in [3.63, 3.8) is 0 Å². The molecule has 0 atom stereocenters. The number of anilines is 1. The zero-order valence-electron chi connectivity index (χ0n) is 10.0. The van der Waals surface area contributed by atoms with Crippen LogP contribution in [0.5, 0.6) is 0 Å². The van der Waals surface area contributed by atoms with Crippen LogP contribution >= 0.6 is 0 Å². The van der Waals surface area contributed by atoms with Gasteiger partial charge in [0.25, 0.3) is 0 Å². The van der Waals surface area contributed by atoms with E-state index in [1.54, 1.807) is 12.1 Å². The highest BCUT2D eigenvalue weighted by Gasteiger charge is 2.36. The van der Waals surface area contributed by atoms with E-state index < -0.39 is 15.4 Å². The quantitative estimate of drug-likeness (QED) is 0.865. The van der Waals surface area contributed by atoms with Crippen molar-refractivity contribution in [3.8, 4) is 0 Å². The fraction of sp³-hybridized carbons (Fsp3) is 0.500. The summed E-state index contributed by atoms with van der Waals surface area (Å²) in [6, 6.07) is 6.12. The second kappa shape index (κ2) is 4.85. The Hall–Kier alpha value is -1.14. The van der Waals surface area contributed by atoms with Gasteiger partial charge in [0.1, 0.15) is 5.82 Å². The van der Waals surface area contributed by atoms with Gasteiger partial charge >= 0.3 is 0 Å². The number of benzene rings is 1. The van der Waals surface area contributed by atoms with Gasteiger partial charge in [0.15, 0.2) is 9.84 Å². The molecule has 18 heavy (non-hydrogen) atoms. The van der Waals surface area contributed by atoms with Crippen molar-refractivity contribution in [2.24, 2.45) is 5.73 Å². The average Bonchev–Trinajstić information content (AvgIpc) is 2.33. The van der Waals surface area contributed by atoms with Gasteiger partial charge in [-0.3, -0.25) is 0 Å². The van der Waals surface area contributed by atoms with Crippen LogP contribution in [0.15, 0.2) is 24.3 Å². The molecule has 0 unspecified atom stereocenters. The van der Waals surface area contributed by atoms with Crippen molar-refractivity contribution in [2.75, 3.05) is 23.4 Å². The molecule has 1 aromatic carbocycles. The third-order valence-corrected chi connectivity index (χ3v) is 5.06. The molecule has 100 valence electrons. The number of nitrogens with one attached hydrogen (secondary N) is 1. The molecule has 1 aromatic rings. The van der Waals surface area contributed by atoms with Crippen LogP contribution in [0.4, 0.5) is 10.1 Å². The molecule has 0 amide bonds. The van der Waals surface area contributed by atoms with Crippen LogP contribution in [0.1, 0.15) is 12.8 Å². The lowest BCUT2D eigenvalue weighted by atomic mass is 9.92. The molecule has 0 spiro atoms. The number of sulfone groups is 1. The first kappa shape index (κ1) is 13.3. The van der Waals surface area contributed by atoms with Crippen molar-refractivity contribution in [2.45, 2.75) is 18.4 Å². The Kier molecular flexibility index (Phi) is 3.59. The summed E-state index contributed by atoms with van der Waals surface area (Å²) in [5, 5.41) is 3.19. The summed E-state index contributed by atoms with van der Waals surface area (Å²) in [5.74, 6) is -0.0606. The minimum Gasteiger partial charge on any atom is -0.378 e. The van der Waals surface area contributed by atoms with Gasteiger partial charge < -0.3 is 11.1 Å². The van der Waals surface area contributed by atoms with Crippen LogP contribution in [0, 0.1) is 5.82 Å². The molecule has 1 aliphatic heterocycles. The van der Waals surface area contributed by atoms with E-state index in [4.69, 9.17) is 5.73 Å². The van der Waals surface area contributed by atoms with E-state index >= 15 is 0 Å².